The van der Waals surface area contributed by atoms with Gasteiger partial charge in [-0.05, 0) is 61.1 Å². The van der Waals surface area contributed by atoms with E-state index < -0.39 is 0 Å². The molecule has 110 valence electrons. The Balaban J connectivity index is 2.54. The number of nitrogens with zero attached hydrogens (tertiary/aromatic N) is 1. The summed E-state index contributed by atoms with van der Waals surface area (Å²) in [7, 11) is 0. The van der Waals surface area contributed by atoms with Crippen molar-refractivity contribution in [2.75, 3.05) is 0 Å². The summed E-state index contributed by atoms with van der Waals surface area (Å²) in [6.45, 7) is 7.92. The van der Waals surface area contributed by atoms with Crippen LogP contribution in [0.1, 0.15) is 39.4 Å². The molecule has 2 aromatic rings. The fourth-order valence-electron chi connectivity index (χ4n) is 2.43. The molecule has 4 nitrogen and oxygen atoms in total. The average Bonchev–Trinajstić information content (AvgIpc) is 2.43. The maximum atomic E-state index is 11.0. The van der Waals surface area contributed by atoms with Crippen molar-refractivity contribution >= 4 is 5.69 Å². The quantitative estimate of drug-likeness (QED) is 0.687. The summed E-state index contributed by atoms with van der Waals surface area (Å²) < 4.78 is 0. The van der Waals surface area contributed by atoms with Gasteiger partial charge in [0.05, 0.1) is 11.0 Å². The Morgan fingerprint density at radius 2 is 1.67 bits per heavy atom. The summed E-state index contributed by atoms with van der Waals surface area (Å²) >= 11 is 0. The molecule has 0 aromatic heterocycles. The molecule has 0 aliphatic heterocycles. The monoisotopic (exact) mass is 284 g/mol. The molecule has 0 spiro atoms. The van der Waals surface area contributed by atoms with Gasteiger partial charge in [-0.1, -0.05) is 18.2 Å². The van der Waals surface area contributed by atoms with Crippen LogP contribution in [0, 0.1) is 37.8 Å². The Bertz CT molecular complexity index is 708. The zero-order valence-corrected chi connectivity index (χ0v) is 12.8. The van der Waals surface area contributed by atoms with Crippen LogP contribution in [-0.2, 0) is 0 Å². The van der Waals surface area contributed by atoms with Gasteiger partial charge in [0, 0.05) is 12.1 Å². The number of hydrogen-bond donors (Lipinski definition) is 1. The normalized spacial score (nSPS) is 12.2. The van der Waals surface area contributed by atoms with Crippen molar-refractivity contribution < 1.29 is 4.92 Å². The Kier molecular flexibility index (Phi) is 4.09. The summed E-state index contributed by atoms with van der Waals surface area (Å²) in [6.07, 6.45) is 0. The molecule has 0 radical (unpaired) electrons. The molecule has 0 aliphatic carbocycles. The topological polar surface area (TPSA) is 69.2 Å². The van der Waals surface area contributed by atoms with E-state index >= 15 is 0 Å². The number of non-ortho nitro benzene ring substituents is 1. The van der Waals surface area contributed by atoms with Crippen molar-refractivity contribution in [1.29, 1.82) is 0 Å². The molecule has 0 heterocycles. The molecule has 0 fully saturated rings. The number of hydrogen-bond acceptors (Lipinski definition) is 3. The number of nitro groups is 1. The van der Waals surface area contributed by atoms with E-state index in [-0.39, 0.29) is 16.7 Å². The van der Waals surface area contributed by atoms with Crippen LogP contribution in [0.3, 0.4) is 0 Å². The summed E-state index contributed by atoms with van der Waals surface area (Å²) in [5.41, 5.74) is 12.5. The first-order valence-electron chi connectivity index (χ1n) is 6.89. The molecule has 0 saturated heterocycles. The van der Waals surface area contributed by atoms with E-state index in [1.807, 2.05) is 45.9 Å². The number of aryl methyl sites for hydroxylation is 3. The van der Waals surface area contributed by atoms with Gasteiger partial charge in [-0.15, -0.1) is 0 Å². The first-order chi connectivity index (χ1) is 9.81. The highest BCUT2D eigenvalue weighted by atomic mass is 16.6. The van der Waals surface area contributed by atoms with Crippen molar-refractivity contribution in [2.24, 2.45) is 5.73 Å². The molecular formula is C17H20N2O2. The smallest absolute Gasteiger partial charge is 0.270 e. The van der Waals surface area contributed by atoms with Crippen LogP contribution in [0.4, 0.5) is 5.69 Å². The van der Waals surface area contributed by atoms with E-state index in [1.165, 1.54) is 11.1 Å². The molecule has 4 heteroatoms. The van der Waals surface area contributed by atoms with Gasteiger partial charge in [0.15, 0.2) is 0 Å². The van der Waals surface area contributed by atoms with E-state index in [2.05, 4.69) is 0 Å². The van der Waals surface area contributed by atoms with Gasteiger partial charge in [0.1, 0.15) is 0 Å². The van der Waals surface area contributed by atoms with E-state index in [4.69, 9.17) is 5.73 Å². The first kappa shape index (κ1) is 15.2. The van der Waals surface area contributed by atoms with Gasteiger partial charge in [0.25, 0.3) is 5.69 Å². The molecule has 0 aliphatic rings. The van der Waals surface area contributed by atoms with Gasteiger partial charge < -0.3 is 5.73 Å². The third-order valence-corrected chi connectivity index (χ3v) is 4.13. The van der Waals surface area contributed by atoms with Crippen LogP contribution in [0.15, 0.2) is 30.3 Å². The Labute approximate surface area is 124 Å². The molecule has 2 N–H and O–H groups in total. The minimum absolute atomic E-state index is 0.0902. The van der Waals surface area contributed by atoms with E-state index in [0.717, 1.165) is 22.3 Å². The summed E-state index contributed by atoms with van der Waals surface area (Å²) in [5.74, 6) is 0. The summed E-state index contributed by atoms with van der Waals surface area (Å²) in [4.78, 5) is 10.7. The van der Waals surface area contributed by atoms with Crippen molar-refractivity contribution in [1.82, 2.24) is 0 Å². The highest BCUT2D eigenvalue weighted by Crippen LogP contribution is 2.29. The standard InChI is InChI=1S/C17H20N2O2/c1-10-5-6-14(7-11(10)2)17(18)16-9-15(19(20)21)8-12(3)13(16)4/h5-9,17H,18H2,1-4H3. The Morgan fingerprint density at radius 1 is 1.00 bits per heavy atom. The second-order valence-electron chi connectivity index (χ2n) is 5.56. The van der Waals surface area contributed by atoms with Gasteiger partial charge in [-0.3, -0.25) is 10.1 Å². The lowest BCUT2D eigenvalue weighted by molar-refractivity contribution is -0.385. The molecular weight excluding hydrogens is 264 g/mol. The van der Waals surface area contributed by atoms with Crippen LogP contribution in [0.5, 0.6) is 0 Å². The zero-order chi connectivity index (χ0) is 15.7. The second-order valence-corrected chi connectivity index (χ2v) is 5.56. The number of nitrogens with two attached hydrogens (primary N) is 1. The summed E-state index contributed by atoms with van der Waals surface area (Å²) in [6, 6.07) is 8.88. The van der Waals surface area contributed by atoms with Crippen LogP contribution >= 0.6 is 0 Å². The predicted octanol–water partition coefficient (Wildman–Crippen LogP) is 3.88. The maximum Gasteiger partial charge on any atom is 0.270 e. The first-order valence-corrected chi connectivity index (χ1v) is 6.89. The lowest BCUT2D eigenvalue weighted by atomic mass is 9.91. The van der Waals surface area contributed by atoms with Crippen molar-refractivity contribution in [2.45, 2.75) is 33.7 Å². The van der Waals surface area contributed by atoms with E-state index in [1.54, 1.807) is 12.1 Å². The minimum atomic E-state index is -0.372. The lowest BCUT2D eigenvalue weighted by Crippen LogP contribution is -2.14. The molecule has 0 saturated carbocycles. The minimum Gasteiger partial charge on any atom is -0.320 e. The maximum absolute atomic E-state index is 11.0. The Hall–Kier alpha value is -2.20. The van der Waals surface area contributed by atoms with Crippen molar-refractivity contribution in [3.63, 3.8) is 0 Å². The predicted molar refractivity (Wildman–Crippen MR) is 84.5 cm³/mol. The molecule has 21 heavy (non-hydrogen) atoms. The lowest BCUT2D eigenvalue weighted by Gasteiger charge is -2.18. The Morgan fingerprint density at radius 3 is 2.24 bits per heavy atom. The third kappa shape index (κ3) is 2.95. The average molecular weight is 284 g/mol. The number of benzene rings is 2. The van der Waals surface area contributed by atoms with E-state index in [0.29, 0.717) is 0 Å². The second kappa shape index (κ2) is 5.66. The fraction of sp³-hybridized carbons (Fsp3) is 0.294. The van der Waals surface area contributed by atoms with Gasteiger partial charge in [-0.25, -0.2) is 0 Å². The van der Waals surface area contributed by atoms with Crippen LogP contribution < -0.4 is 5.73 Å². The largest absolute Gasteiger partial charge is 0.320 e. The van der Waals surface area contributed by atoms with E-state index in [9.17, 15) is 10.1 Å². The number of nitro benzene ring substituents is 1. The molecule has 2 aromatic carbocycles. The van der Waals surface area contributed by atoms with Gasteiger partial charge in [0.2, 0.25) is 0 Å². The molecule has 1 unspecified atom stereocenters. The summed E-state index contributed by atoms with van der Waals surface area (Å²) in [5, 5.41) is 11.0. The highest BCUT2D eigenvalue weighted by Gasteiger charge is 2.18. The molecule has 1 atom stereocenters. The van der Waals surface area contributed by atoms with Crippen LogP contribution in [0.25, 0.3) is 0 Å². The van der Waals surface area contributed by atoms with Gasteiger partial charge >= 0.3 is 0 Å². The molecule has 0 amide bonds. The SMILES string of the molecule is Cc1ccc(C(N)c2cc([N+](=O)[O-])cc(C)c2C)cc1C. The van der Waals surface area contributed by atoms with Crippen molar-refractivity contribution in [3.8, 4) is 0 Å². The fourth-order valence-corrected chi connectivity index (χ4v) is 2.43. The molecule has 0 bridgehead atoms. The highest BCUT2D eigenvalue weighted by molar-refractivity contribution is 5.49. The third-order valence-electron chi connectivity index (χ3n) is 4.13. The molecule has 2 rings (SSSR count). The van der Waals surface area contributed by atoms with Crippen molar-refractivity contribution in [3.05, 3.63) is 73.8 Å². The van der Waals surface area contributed by atoms with Gasteiger partial charge in [-0.2, -0.15) is 0 Å². The number of rotatable bonds is 3. The zero-order valence-electron chi connectivity index (χ0n) is 12.8. The van der Waals surface area contributed by atoms with Crippen LogP contribution in [0.2, 0.25) is 0 Å². The van der Waals surface area contributed by atoms with Crippen LogP contribution in [-0.4, -0.2) is 4.92 Å².